The van der Waals surface area contributed by atoms with Gasteiger partial charge in [-0.1, -0.05) is 30.3 Å². The van der Waals surface area contributed by atoms with Gasteiger partial charge in [0, 0.05) is 18.3 Å². The van der Waals surface area contributed by atoms with E-state index in [-0.39, 0.29) is 12.8 Å². The van der Waals surface area contributed by atoms with E-state index in [4.69, 9.17) is 16.6 Å². The number of primary amides is 1. The van der Waals surface area contributed by atoms with Crippen molar-refractivity contribution in [3.8, 4) is 0 Å². The third-order valence-electron chi connectivity index (χ3n) is 5.08. The second-order valence-corrected chi connectivity index (χ2v) is 7.95. The molecule has 36 heavy (non-hydrogen) atoms. The number of nitrogens with zero attached hydrogens (tertiary/aromatic N) is 1. The van der Waals surface area contributed by atoms with Crippen LogP contribution in [0.1, 0.15) is 17.7 Å². The number of carbonyl (C=O) groups is 5. The molecule has 0 spiro atoms. The number of aromatic amines is 1. The number of hydrogen-bond acceptors (Lipinski definition) is 8. The van der Waals surface area contributed by atoms with Crippen molar-refractivity contribution in [2.75, 3.05) is 6.61 Å². The van der Waals surface area contributed by atoms with E-state index in [9.17, 15) is 29.1 Å². The molecule has 0 aliphatic heterocycles. The fourth-order valence-electron chi connectivity index (χ4n) is 3.21. The number of carboxylic acids is 1. The Kier molecular flexibility index (Phi) is 10.5. The second-order valence-electron chi connectivity index (χ2n) is 7.95. The predicted octanol–water partition coefficient (Wildman–Crippen LogP) is -3.07. The predicted molar refractivity (Wildman–Crippen MR) is 125 cm³/mol. The van der Waals surface area contributed by atoms with Crippen LogP contribution >= 0.6 is 0 Å². The molecule has 0 saturated heterocycles. The SMILES string of the molecule is NC(=O)CC(NC(=O)C(N)Cc1ccccc1)C(=O)NC(Cc1cnc[nH]1)C(=O)NC(CO)C(=O)O. The normalized spacial score (nSPS) is 14.1. The molecular formula is C22H29N7O7. The molecule has 10 N–H and O–H groups in total. The number of carboxylic acid groups (broad SMARTS) is 1. The summed E-state index contributed by atoms with van der Waals surface area (Å²) in [5.74, 6) is -4.95. The quantitative estimate of drug-likeness (QED) is 0.130. The molecule has 0 radical (unpaired) electrons. The van der Waals surface area contributed by atoms with E-state index in [1.54, 1.807) is 30.3 Å². The Bertz CT molecular complexity index is 1050. The van der Waals surface area contributed by atoms with Gasteiger partial charge < -0.3 is 42.6 Å². The maximum absolute atomic E-state index is 13.0. The largest absolute Gasteiger partial charge is 0.480 e. The molecule has 4 atom stereocenters. The lowest BCUT2D eigenvalue weighted by molar-refractivity contribution is -0.143. The Morgan fingerprint density at radius 3 is 2.08 bits per heavy atom. The number of hydrogen-bond donors (Lipinski definition) is 8. The van der Waals surface area contributed by atoms with Gasteiger partial charge in [0.2, 0.25) is 23.6 Å². The Hall–Kier alpha value is -4.30. The maximum atomic E-state index is 13.0. The van der Waals surface area contributed by atoms with Crippen LogP contribution in [0.25, 0.3) is 0 Å². The summed E-state index contributed by atoms with van der Waals surface area (Å²) in [7, 11) is 0. The summed E-state index contributed by atoms with van der Waals surface area (Å²) in [4.78, 5) is 67.7. The van der Waals surface area contributed by atoms with E-state index in [1.807, 2.05) is 0 Å². The maximum Gasteiger partial charge on any atom is 0.328 e. The Labute approximate surface area is 205 Å². The summed E-state index contributed by atoms with van der Waals surface area (Å²) < 4.78 is 0. The molecule has 14 nitrogen and oxygen atoms in total. The highest BCUT2D eigenvalue weighted by molar-refractivity contribution is 5.96. The average molecular weight is 504 g/mol. The zero-order valence-corrected chi connectivity index (χ0v) is 19.2. The van der Waals surface area contributed by atoms with Gasteiger partial charge in [-0.15, -0.1) is 0 Å². The van der Waals surface area contributed by atoms with Crippen molar-refractivity contribution in [1.82, 2.24) is 25.9 Å². The van der Waals surface area contributed by atoms with Crippen LogP contribution < -0.4 is 27.4 Å². The topological polar surface area (TPSA) is 243 Å². The molecule has 0 aliphatic rings. The Morgan fingerprint density at radius 1 is 0.917 bits per heavy atom. The smallest absolute Gasteiger partial charge is 0.328 e. The summed E-state index contributed by atoms with van der Waals surface area (Å²) in [6.07, 6.45) is 2.17. The van der Waals surface area contributed by atoms with Crippen molar-refractivity contribution >= 4 is 29.6 Å². The van der Waals surface area contributed by atoms with E-state index in [0.29, 0.717) is 5.69 Å². The number of benzene rings is 1. The van der Waals surface area contributed by atoms with Gasteiger partial charge in [0.1, 0.15) is 18.1 Å². The summed E-state index contributed by atoms with van der Waals surface area (Å²) in [6, 6.07) is 3.44. The molecule has 4 unspecified atom stereocenters. The first-order valence-corrected chi connectivity index (χ1v) is 10.9. The fourth-order valence-corrected chi connectivity index (χ4v) is 3.21. The lowest BCUT2D eigenvalue weighted by Gasteiger charge is -2.24. The van der Waals surface area contributed by atoms with Crippen LogP contribution in [0.15, 0.2) is 42.9 Å². The minimum absolute atomic E-state index is 0.139. The summed E-state index contributed by atoms with van der Waals surface area (Å²) in [6.45, 7) is -0.883. The number of aliphatic hydroxyl groups excluding tert-OH is 1. The summed E-state index contributed by atoms with van der Waals surface area (Å²) >= 11 is 0. The van der Waals surface area contributed by atoms with Gasteiger partial charge in [-0.3, -0.25) is 19.2 Å². The number of nitrogens with two attached hydrogens (primary N) is 2. The van der Waals surface area contributed by atoms with Crippen molar-refractivity contribution in [3.63, 3.8) is 0 Å². The highest BCUT2D eigenvalue weighted by Crippen LogP contribution is 2.05. The number of aromatic nitrogens is 2. The van der Waals surface area contributed by atoms with E-state index in [2.05, 4.69) is 25.9 Å². The van der Waals surface area contributed by atoms with Crippen LogP contribution in [0.2, 0.25) is 0 Å². The molecule has 14 heteroatoms. The highest BCUT2D eigenvalue weighted by atomic mass is 16.4. The molecule has 0 saturated carbocycles. The number of rotatable bonds is 14. The Balaban J connectivity index is 2.15. The molecule has 0 aliphatic carbocycles. The van der Waals surface area contributed by atoms with Crippen LogP contribution in [0.4, 0.5) is 0 Å². The molecule has 2 rings (SSSR count). The number of amides is 4. The minimum Gasteiger partial charge on any atom is -0.480 e. The van der Waals surface area contributed by atoms with Crippen LogP contribution in [-0.4, -0.2) is 80.6 Å². The summed E-state index contributed by atoms with van der Waals surface area (Å²) in [5.41, 5.74) is 12.4. The van der Waals surface area contributed by atoms with Crippen LogP contribution in [0.3, 0.4) is 0 Å². The van der Waals surface area contributed by atoms with Crippen molar-refractivity contribution < 1.29 is 34.2 Å². The minimum atomic E-state index is -1.62. The number of nitrogens with one attached hydrogen (secondary N) is 4. The average Bonchev–Trinajstić information content (AvgIpc) is 3.34. The van der Waals surface area contributed by atoms with Crippen molar-refractivity contribution in [1.29, 1.82) is 0 Å². The standard InChI is InChI=1S/C22H29N7O7/c23-14(6-12-4-2-1-3-5-12)19(32)27-16(8-18(24)31)21(34)28-15(7-13-9-25-11-26-13)20(33)29-17(10-30)22(35)36/h1-5,9,11,14-17,30H,6-8,10,23H2,(H2,24,31)(H,25,26)(H,27,32)(H,28,34)(H,29,33)(H,35,36). The molecule has 1 heterocycles. The molecular weight excluding hydrogens is 474 g/mol. The van der Waals surface area contributed by atoms with Crippen molar-refractivity contribution in [2.45, 2.75) is 43.4 Å². The molecule has 0 fully saturated rings. The van der Waals surface area contributed by atoms with E-state index in [1.165, 1.54) is 12.5 Å². The van der Waals surface area contributed by atoms with Gasteiger partial charge in [0.25, 0.3) is 0 Å². The third-order valence-corrected chi connectivity index (χ3v) is 5.08. The van der Waals surface area contributed by atoms with E-state index in [0.717, 1.165) is 5.56 Å². The number of H-pyrrole nitrogens is 1. The van der Waals surface area contributed by atoms with Gasteiger partial charge in [-0.25, -0.2) is 9.78 Å². The first-order chi connectivity index (χ1) is 17.1. The molecule has 4 amide bonds. The van der Waals surface area contributed by atoms with Gasteiger partial charge >= 0.3 is 5.97 Å². The van der Waals surface area contributed by atoms with E-state index >= 15 is 0 Å². The van der Waals surface area contributed by atoms with Gasteiger partial charge in [0.05, 0.1) is 25.4 Å². The fraction of sp³-hybridized carbons (Fsp3) is 0.364. The van der Waals surface area contributed by atoms with E-state index < -0.39 is 66.8 Å². The van der Waals surface area contributed by atoms with Crippen molar-refractivity contribution in [3.05, 3.63) is 54.1 Å². The van der Waals surface area contributed by atoms with Crippen LogP contribution in [0, 0.1) is 0 Å². The lowest BCUT2D eigenvalue weighted by atomic mass is 10.0. The second kappa shape index (κ2) is 13.6. The van der Waals surface area contributed by atoms with Gasteiger partial charge in [-0.2, -0.15) is 0 Å². The number of aliphatic carboxylic acids is 1. The first-order valence-electron chi connectivity index (χ1n) is 10.9. The number of carbonyl (C=O) groups excluding carboxylic acids is 4. The number of aliphatic hydroxyl groups is 1. The Morgan fingerprint density at radius 2 is 1.53 bits per heavy atom. The third kappa shape index (κ3) is 8.81. The van der Waals surface area contributed by atoms with Crippen LogP contribution in [-0.2, 0) is 36.8 Å². The van der Waals surface area contributed by atoms with Gasteiger partial charge in [-0.05, 0) is 12.0 Å². The zero-order chi connectivity index (χ0) is 26.7. The van der Waals surface area contributed by atoms with Crippen molar-refractivity contribution in [2.24, 2.45) is 11.5 Å². The summed E-state index contributed by atoms with van der Waals surface area (Å²) in [5, 5.41) is 25.2. The van der Waals surface area contributed by atoms with Gasteiger partial charge in [0.15, 0.2) is 0 Å². The molecule has 1 aromatic carbocycles. The molecule has 0 bridgehead atoms. The monoisotopic (exact) mass is 503 g/mol. The number of imidazole rings is 1. The zero-order valence-electron chi connectivity index (χ0n) is 19.2. The lowest BCUT2D eigenvalue weighted by Crippen LogP contribution is -2.58. The molecule has 194 valence electrons. The molecule has 2 aromatic rings. The first kappa shape index (κ1) is 27.9. The van der Waals surface area contributed by atoms with Crippen LogP contribution in [0.5, 0.6) is 0 Å². The molecule has 1 aromatic heterocycles. The highest BCUT2D eigenvalue weighted by Gasteiger charge is 2.31.